The van der Waals surface area contributed by atoms with E-state index in [0.717, 1.165) is 11.1 Å². The van der Waals surface area contributed by atoms with Crippen molar-refractivity contribution in [1.82, 2.24) is 19.6 Å². The molecule has 1 aliphatic heterocycles. The summed E-state index contributed by atoms with van der Waals surface area (Å²) in [4.78, 5) is 21.7. The van der Waals surface area contributed by atoms with E-state index in [0.29, 0.717) is 40.0 Å². The molecule has 144 valence electrons. The topological polar surface area (TPSA) is 82.5 Å². The molecule has 0 radical (unpaired) electrons. The minimum atomic E-state index is -0.462. The highest BCUT2D eigenvalue weighted by atomic mass is 16.5. The number of hydrogen-bond acceptors (Lipinski definition) is 6. The van der Waals surface area contributed by atoms with Crippen LogP contribution in [0.2, 0.25) is 0 Å². The standard InChI is InChI=1S/C22H18N4O3/c1-12-7-4-5-8-15(12)20-24-21-19-18(16-9-6-10-28-16)17(13(2)27)14(3)29-22(19)23-11-26(21)25-20/h4-11,18H,1-3H3. The van der Waals surface area contributed by atoms with E-state index >= 15 is 0 Å². The van der Waals surface area contributed by atoms with Crippen LogP contribution in [0.5, 0.6) is 5.88 Å². The van der Waals surface area contributed by atoms with Crippen molar-refractivity contribution >= 4 is 11.4 Å². The Morgan fingerprint density at radius 3 is 2.69 bits per heavy atom. The van der Waals surface area contributed by atoms with Crippen molar-refractivity contribution in [3.8, 4) is 17.3 Å². The van der Waals surface area contributed by atoms with Crippen LogP contribution in [0.15, 0.2) is 64.7 Å². The molecule has 0 aliphatic carbocycles. The zero-order valence-electron chi connectivity index (χ0n) is 16.2. The fraction of sp³-hybridized carbons (Fsp3) is 0.182. The van der Waals surface area contributed by atoms with E-state index in [2.05, 4.69) is 10.1 Å². The number of allylic oxidation sites excluding steroid dienone is 2. The maximum atomic E-state index is 12.5. The first-order chi connectivity index (χ1) is 14.0. The maximum Gasteiger partial charge on any atom is 0.228 e. The Bertz CT molecular complexity index is 1280. The summed E-state index contributed by atoms with van der Waals surface area (Å²) in [7, 11) is 0. The van der Waals surface area contributed by atoms with Gasteiger partial charge in [-0.2, -0.15) is 0 Å². The van der Waals surface area contributed by atoms with Crippen LogP contribution >= 0.6 is 0 Å². The van der Waals surface area contributed by atoms with Crippen LogP contribution in [0.1, 0.15) is 36.7 Å². The van der Waals surface area contributed by atoms with E-state index in [4.69, 9.17) is 14.1 Å². The van der Waals surface area contributed by atoms with Crippen LogP contribution in [-0.2, 0) is 4.79 Å². The van der Waals surface area contributed by atoms with Crippen LogP contribution in [0.4, 0.5) is 0 Å². The Morgan fingerprint density at radius 1 is 1.14 bits per heavy atom. The van der Waals surface area contributed by atoms with Gasteiger partial charge in [0.1, 0.15) is 17.8 Å². The summed E-state index contributed by atoms with van der Waals surface area (Å²) in [6.07, 6.45) is 3.17. The molecule has 0 amide bonds. The molecule has 0 fully saturated rings. The van der Waals surface area contributed by atoms with Gasteiger partial charge in [0.05, 0.1) is 17.7 Å². The molecule has 1 unspecified atom stereocenters. The largest absolute Gasteiger partial charge is 0.468 e. The lowest BCUT2D eigenvalue weighted by atomic mass is 9.85. The SMILES string of the molecule is CC(=O)C1=C(C)Oc2ncn3nc(-c4ccccc4C)nc3c2C1c1ccco1. The average molecular weight is 386 g/mol. The van der Waals surface area contributed by atoms with Crippen molar-refractivity contribution in [2.75, 3.05) is 0 Å². The molecule has 5 rings (SSSR count). The minimum absolute atomic E-state index is 0.0878. The number of nitrogens with zero attached hydrogens (tertiary/aromatic N) is 4. The second-order valence-corrected chi connectivity index (χ2v) is 7.06. The number of furan rings is 1. The van der Waals surface area contributed by atoms with E-state index in [1.165, 1.54) is 6.92 Å². The van der Waals surface area contributed by atoms with Crippen LogP contribution in [0, 0.1) is 6.92 Å². The number of ether oxygens (including phenoxy) is 1. The third-order valence-corrected chi connectivity index (χ3v) is 5.19. The van der Waals surface area contributed by atoms with E-state index in [-0.39, 0.29) is 5.78 Å². The fourth-order valence-corrected chi connectivity index (χ4v) is 3.87. The zero-order valence-corrected chi connectivity index (χ0v) is 16.2. The van der Waals surface area contributed by atoms with Crippen LogP contribution in [0.25, 0.3) is 17.0 Å². The first-order valence-electron chi connectivity index (χ1n) is 9.29. The number of aryl methyl sites for hydroxylation is 1. The van der Waals surface area contributed by atoms with Gasteiger partial charge in [-0.25, -0.2) is 14.5 Å². The second-order valence-electron chi connectivity index (χ2n) is 7.06. The molecule has 1 aromatic carbocycles. The van der Waals surface area contributed by atoms with Gasteiger partial charge in [-0.05, 0) is 38.5 Å². The summed E-state index contributed by atoms with van der Waals surface area (Å²) in [5.74, 6) is 1.60. The molecule has 1 aliphatic rings. The number of fused-ring (bicyclic) bond motifs is 3. The Balaban J connectivity index is 1.79. The monoisotopic (exact) mass is 386 g/mol. The van der Waals surface area contributed by atoms with Gasteiger partial charge in [-0.15, -0.1) is 5.10 Å². The predicted molar refractivity (Wildman–Crippen MR) is 106 cm³/mol. The summed E-state index contributed by atoms with van der Waals surface area (Å²) in [5, 5.41) is 4.61. The zero-order chi connectivity index (χ0) is 20.1. The van der Waals surface area contributed by atoms with E-state index in [1.54, 1.807) is 30.1 Å². The minimum Gasteiger partial charge on any atom is -0.468 e. The van der Waals surface area contributed by atoms with Gasteiger partial charge < -0.3 is 9.15 Å². The van der Waals surface area contributed by atoms with Crippen LogP contribution in [0.3, 0.4) is 0 Å². The third-order valence-electron chi connectivity index (χ3n) is 5.19. The smallest absolute Gasteiger partial charge is 0.228 e. The number of ketones is 1. The normalized spacial score (nSPS) is 16.0. The number of hydrogen-bond donors (Lipinski definition) is 0. The Labute approximate surface area is 166 Å². The molecule has 1 atom stereocenters. The van der Waals surface area contributed by atoms with Gasteiger partial charge >= 0.3 is 0 Å². The number of aromatic nitrogens is 4. The lowest BCUT2D eigenvalue weighted by Crippen LogP contribution is -2.21. The highest BCUT2D eigenvalue weighted by Gasteiger charge is 2.37. The number of carbonyl (C=O) groups is 1. The van der Waals surface area contributed by atoms with Crippen molar-refractivity contribution in [3.63, 3.8) is 0 Å². The first kappa shape index (κ1) is 17.4. The van der Waals surface area contributed by atoms with E-state index in [1.807, 2.05) is 37.3 Å². The summed E-state index contributed by atoms with van der Waals surface area (Å²) in [5.41, 5.74) is 3.80. The van der Waals surface area contributed by atoms with Gasteiger partial charge in [0.2, 0.25) is 5.88 Å². The number of rotatable bonds is 3. The van der Waals surface area contributed by atoms with Crippen molar-refractivity contribution in [2.45, 2.75) is 26.7 Å². The highest BCUT2D eigenvalue weighted by Crippen LogP contribution is 2.44. The molecule has 3 aromatic heterocycles. The van der Waals surface area contributed by atoms with Crippen LogP contribution < -0.4 is 4.74 Å². The molecular formula is C22H18N4O3. The number of Topliss-reactive ketones (excluding diaryl/α,β-unsaturated/α-hetero) is 1. The molecule has 7 nitrogen and oxygen atoms in total. The van der Waals surface area contributed by atoms with Gasteiger partial charge in [0.15, 0.2) is 17.3 Å². The number of carbonyl (C=O) groups excluding carboxylic acids is 1. The molecule has 7 heteroatoms. The summed E-state index contributed by atoms with van der Waals surface area (Å²) in [6, 6.07) is 11.6. The molecule has 0 saturated heterocycles. The summed E-state index contributed by atoms with van der Waals surface area (Å²) in [6.45, 7) is 5.31. The first-order valence-corrected chi connectivity index (χ1v) is 9.29. The summed E-state index contributed by atoms with van der Waals surface area (Å²) < 4.78 is 13.2. The van der Waals surface area contributed by atoms with Crippen molar-refractivity contribution in [2.24, 2.45) is 0 Å². The Hall–Kier alpha value is -3.74. The lowest BCUT2D eigenvalue weighted by molar-refractivity contribution is -0.114. The Kier molecular flexibility index (Phi) is 3.84. The van der Waals surface area contributed by atoms with Crippen molar-refractivity contribution in [3.05, 3.63) is 77.2 Å². The molecule has 0 N–H and O–H groups in total. The van der Waals surface area contributed by atoms with Gasteiger partial charge in [-0.3, -0.25) is 4.79 Å². The van der Waals surface area contributed by atoms with Gasteiger partial charge in [0, 0.05) is 11.1 Å². The average Bonchev–Trinajstić information content (AvgIpc) is 3.36. The van der Waals surface area contributed by atoms with E-state index < -0.39 is 5.92 Å². The molecular weight excluding hydrogens is 368 g/mol. The van der Waals surface area contributed by atoms with Crippen LogP contribution in [-0.4, -0.2) is 25.4 Å². The highest BCUT2D eigenvalue weighted by molar-refractivity contribution is 5.97. The predicted octanol–water partition coefficient (Wildman–Crippen LogP) is 4.08. The molecule has 4 heterocycles. The third kappa shape index (κ3) is 2.66. The molecule has 0 spiro atoms. The number of benzene rings is 1. The van der Waals surface area contributed by atoms with E-state index in [9.17, 15) is 4.79 Å². The van der Waals surface area contributed by atoms with Crippen molar-refractivity contribution in [1.29, 1.82) is 0 Å². The molecule has 29 heavy (non-hydrogen) atoms. The maximum absolute atomic E-state index is 12.5. The van der Waals surface area contributed by atoms with Gasteiger partial charge in [0.25, 0.3) is 0 Å². The second kappa shape index (κ2) is 6.41. The molecule has 0 bridgehead atoms. The molecule has 0 saturated carbocycles. The Morgan fingerprint density at radius 2 is 1.97 bits per heavy atom. The fourth-order valence-electron chi connectivity index (χ4n) is 3.87. The quantitative estimate of drug-likeness (QED) is 0.528. The van der Waals surface area contributed by atoms with Crippen molar-refractivity contribution < 1.29 is 13.9 Å². The van der Waals surface area contributed by atoms with Gasteiger partial charge in [-0.1, -0.05) is 24.3 Å². The lowest BCUT2D eigenvalue weighted by Gasteiger charge is -2.26. The molecule has 4 aromatic rings. The summed E-state index contributed by atoms with van der Waals surface area (Å²) >= 11 is 0.